The number of urea groups is 1. The van der Waals surface area contributed by atoms with E-state index in [-0.39, 0.29) is 6.03 Å². The zero-order valence-corrected chi connectivity index (χ0v) is 10.6. The van der Waals surface area contributed by atoms with Gasteiger partial charge in [-0.15, -0.1) is 0 Å². The van der Waals surface area contributed by atoms with Crippen LogP contribution in [-0.4, -0.2) is 17.7 Å². The Balaban J connectivity index is 1.42. The normalized spacial score (nSPS) is 21.1. The predicted molar refractivity (Wildman–Crippen MR) is 67.8 cm³/mol. The molecule has 100 valence electrons. The first-order valence-electron chi connectivity index (χ1n) is 6.24. The van der Waals surface area contributed by atoms with E-state index in [0.717, 1.165) is 17.9 Å². The Hall–Kier alpha value is -2.24. The number of anilines is 1. The summed E-state index contributed by atoms with van der Waals surface area (Å²) in [6, 6.07) is 5.25. The summed E-state index contributed by atoms with van der Waals surface area (Å²) in [6.45, 7) is 2.43. The molecule has 0 saturated heterocycles. The van der Waals surface area contributed by atoms with Crippen LogP contribution in [0.15, 0.2) is 33.4 Å². The topological polar surface area (TPSA) is 80.3 Å². The Morgan fingerprint density at radius 3 is 3.16 bits per heavy atom. The molecular formula is C13H15N3O3. The first-order chi connectivity index (χ1) is 9.22. The molecule has 0 bridgehead atoms. The van der Waals surface area contributed by atoms with Crippen molar-refractivity contribution in [3.05, 3.63) is 35.9 Å². The zero-order valence-electron chi connectivity index (χ0n) is 10.6. The highest BCUT2D eigenvalue weighted by atomic mass is 16.5. The maximum absolute atomic E-state index is 11.6. The van der Waals surface area contributed by atoms with E-state index < -0.39 is 0 Å². The summed E-state index contributed by atoms with van der Waals surface area (Å²) < 4.78 is 10.2. The van der Waals surface area contributed by atoms with Crippen LogP contribution in [0, 0.1) is 12.8 Å². The zero-order chi connectivity index (χ0) is 13.2. The SMILES string of the molecule is Cc1cc(NC(=O)NC[C@@H]2C[C@H]2c2ccco2)on1. The molecule has 6 nitrogen and oxygen atoms in total. The van der Waals surface area contributed by atoms with E-state index in [4.69, 9.17) is 8.94 Å². The Labute approximate surface area is 110 Å². The summed E-state index contributed by atoms with van der Waals surface area (Å²) in [5, 5.41) is 9.10. The lowest BCUT2D eigenvalue weighted by Gasteiger charge is -2.03. The van der Waals surface area contributed by atoms with Crippen molar-refractivity contribution in [3.8, 4) is 0 Å². The molecule has 0 aliphatic heterocycles. The second-order valence-electron chi connectivity index (χ2n) is 4.79. The number of hydrogen-bond donors (Lipinski definition) is 2. The standard InChI is InChI=1S/C13H15N3O3/c1-8-5-12(19-16-8)15-13(17)14-7-9-6-10(9)11-3-2-4-18-11/h2-5,9-10H,6-7H2,1H3,(H2,14,15,17)/t9-,10+/m0/s1. The molecule has 3 rings (SSSR count). The van der Waals surface area contributed by atoms with Crippen LogP contribution in [0.2, 0.25) is 0 Å². The smallest absolute Gasteiger partial charge is 0.321 e. The number of rotatable bonds is 4. The first-order valence-corrected chi connectivity index (χ1v) is 6.24. The fourth-order valence-electron chi connectivity index (χ4n) is 2.13. The average Bonchev–Trinajstić information content (AvgIpc) is 2.77. The molecule has 2 aromatic heterocycles. The van der Waals surface area contributed by atoms with Gasteiger partial charge in [0.15, 0.2) is 0 Å². The summed E-state index contributed by atoms with van der Waals surface area (Å²) >= 11 is 0. The van der Waals surface area contributed by atoms with Gasteiger partial charge in [-0.05, 0) is 31.4 Å². The van der Waals surface area contributed by atoms with Crippen molar-refractivity contribution in [1.29, 1.82) is 0 Å². The van der Waals surface area contributed by atoms with Gasteiger partial charge in [0, 0.05) is 18.5 Å². The summed E-state index contributed by atoms with van der Waals surface area (Å²) in [4.78, 5) is 11.6. The summed E-state index contributed by atoms with van der Waals surface area (Å²) in [5.41, 5.74) is 0.732. The van der Waals surface area contributed by atoms with Crippen LogP contribution in [0.5, 0.6) is 0 Å². The number of hydrogen-bond acceptors (Lipinski definition) is 4. The largest absolute Gasteiger partial charge is 0.469 e. The lowest BCUT2D eigenvalue weighted by molar-refractivity contribution is 0.250. The van der Waals surface area contributed by atoms with Gasteiger partial charge < -0.3 is 14.3 Å². The highest BCUT2D eigenvalue weighted by molar-refractivity contribution is 5.87. The molecular weight excluding hydrogens is 246 g/mol. The van der Waals surface area contributed by atoms with E-state index >= 15 is 0 Å². The lowest BCUT2D eigenvalue weighted by Crippen LogP contribution is -2.30. The Bertz CT molecular complexity index is 561. The second-order valence-corrected chi connectivity index (χ2v) is 4.79. The van der Waals surface area contributed by atoms with Crippen molar-refractivity contribution in [2.45, 2.75) is 19.3 Å². The van der Waals surface area contributed by atoms with Gasteiger partial charge in [0.1, 0.15) is 5.76 Å². The minimum absolute atomic E-state index is 0.277. The number of nitrogens with zero attached hydrogens (tertiary/aromatic N) is 1. The van der Waals surface area contributed by atoms with Gasteiger partial charge in [-0.2, -0.15) is 0 Å². The highest BCUT2D eigenvalue weighted by Crippen LogP contribution is 2.46. The van der Waals surface area contributed by atoms with Crippen molar-refractivity contribution in [1.82, 2.24) is 10.5 Å². The molecule has 19 heavy (non-hydrogen) atoms. The maximum Gasteiger partial charge on any atom is 0.321 e. The van der Waals surface area contributed by atoms with Gasteiger partial charge in [0.2, 0.25) is 5.88 Å². The Morgan fingerprint density at radius 2 is 2.47 bits per heavy atom. The third-order valence-corrected chi connectivity index (χ3v) is 3.22. The number of aromatic nitrogens is 1. The molecule has 2 N–H and O–H groups in total. The van der Waals surface area contributed by atoms with Gasteiger partial charge in [-0.1, -0.05) is 5.16 Å². The molecule has 1 fully saturated rings. The van der Waals surface area contributed by atoms with E-state index in [0.29, 0.717) is 24.3 Å². The van der Waals surface area contributed by atoms with E-state index in [2.05, 4.69) is 15.8 Å². The highest BCUT2D eigenvalue weighted by Gasteiger charge is 2.40. The fourth-order valence-corrected chi connectivity index (χ4v) is 2.13. The van der Waals surface area contributed by atoms with Crippen LogP contribution in [0.3, 0.4) is 0 Å². The molecule has 1 aliphatic carbocycles. The van der Waals surface area contributed by atoms with E-state index in [9.17, 15) is 4.79 Å². The molecule has 0 unspecified atom stereocenters. The molecule has 2 aromatic rings. The minimum Gasteiger partial charge on any atom is -0.469 e. The van der Waals surface area contributed by atoms with E-state index in [1.807, 2.05) is 12.1 Å². The van der Waals surface area contributed by atoms with Crippen LogP contribution < -0.4 is 10.6 Å². The van der Waals surface area contributed by atoms with Crippen molar-refractivity contribution >= 4 is 11.9 Å². The molecule has 0 spiro atoms. The van der Waals surface area contributed by atoms with Gasteiger partial charge in [0.05, 0.1) is 12.0 Å². The maximum atomic E-state index is 11.6. The van der Waals surface area contributed by atoms with Gasteiger partial charge in [-0.3, -0.25) is 5.32 Å². The summed E-state index contributed by atoms with van der Waals surface area (Å²) in [7, 11) is 0. The third kappa shape index (κ3) is 2.78. The quantitative estimate of drug-likeness (QED) is 0.886. The lowest BCUT2D eigenvalue weighted by atomic mass is 10.2. The molecule has 2 amide bonds. The van der Waals surface area contributed by atoms with Gasteiger partial charge in [-0.25, -0.2) is 4.79 Å². The molecule has 2 atom stereocenters. The number of carbonyl (C=O) groups is 1. The van der Waals surface area contributed by atoms with Crippen LogP contribution in [0.4, 0.5) is 10.7 Å². The fraction of sp³-hybridized carbons (Fsp3) is 0.385. The number of aryl methyl sites for hydroxylation is 1. The first kappa shape index (κ1) is 11.8. The minimum atomic E-state index is -0.277. The Kier molecular flexibility index (Phi) is 2.98. The average molecular weight is 261 g/mol. The summed E-state index contributed by atoms with van der Waals surface area (Å²) in [6.07, 6.45) is 2.73. The van der Waals surface area contributed by atoms with Gasteiger partial charge in [0.25, 0.3) is 0 Å². The number of carbonyl (C=O) groups excluding carboxylic acids is 1. The monoisotopic (exact) mass is 261 g/mol. The van der Waals surface area contributed by atoms with E-state index in [1.165, 1.54) is 0 Å². The predicted octanol–water partition coefficient (Wildman–Crippen LogP) is 2.50. The van der Waals surface area contributed by atoms with E-state index in [1.54, 1.807) is 19.3 Å². The molecule has 0 radical (unpaired) electrons. The van der Waals surface area contributed by atoms with Crippen molar-refractivity contribution < 1.29 is 13.7 Å². The van der Waals surface area contributed by atoms with Crippen LogP contribution >= 0.6 is 0 Å². The molecule has 2 heterocycles. The van der Waals surface area contributed by atoms with Crippen molar-refractivity contribution in [2.24, 2.45) is 5.92 Å². The molecule has 1 saturated carbocycles. The van der Waals surface area contributed by atoms with Crippen LogP contribution in [0.1, 0.15) is 23.8 Å². The van der Waals surface area contributed by atoms with Gasteiger partial charge >= 0.3 is 6.03 Å². The number of furan rings is 1. The molecule has 1 aliphatic rings. The summed E-state index contributed by atoms with van der Waals surface area (Å²) in [5.74, 6) is 2.24. The van der Waals surface area contributed by atoms with Crippen LogP contribution in [-0.2, 0) is 0 Å². The van der Waals surface area contributed by atoms with Crippen molar-refractivity contribution in [3.63, 3.8) is 0 Å². The van der Waals surface area contributed by atoms with Crippen LogP contribution in [0.25, 0.3) is 0 Å². The van der Waals surface area contributed by atoms with Crippen molar-refractivity contribution in [2.75, 3.05) is 11.9 Å². The third-order valence-electron chi connectivity index (χ3n) is 3.22. The molecule has 6 heteroatoms. The second kappa shape index (κ2) is 4.79. The Morgan fingerprint density at radius 1 is 1.58 bits per heavy atom. The number of nitrogens with one attached hydrogen (secondary N) is 2. The molecule has 0 aromatic carbocycles. The number of amides is 2.